The predicted molar refractivity (Wildman–Crippen MR) is 106 cm³/mol. The molecule has 6 heteroatoms. The number of rotatable bonds is 4. The van der Waals surface area contributed by atoms with Crippen LogP contribution in [0.4, 0.5) is 0 Å². The SMILES string of the molecule is Cc1nc2ccccc2n1CCC(=O)N1CCC(N2CCO[C@@H](C)C2)CC1. The summed E-state index contributed by atoms with van der Waals surface area (Å²) < 4.78 is 7.81. The molecule has 2 aliphatic heterocycles. The lowest BCUT2D eigenvalue weighted by atomic mass is 10.0. The van der Waals surface area contributed by atoms with Gasteiger partial charge in [0.1, 0.15) is 5.82 Å². The molecule has 146 valence electrons. The largest absolute Gasteiger partial charge is 0.376 e. The number of nitrogens with zero attached hydrogens (tertiary/aromatic N) is 4. The van der Waals surface area contributed by atoms with Crippen LogP contribution in [-0.2, 0) is 16.1 Å². The molecule has 6 nitrogen and oxygen atoms in total. The van der Waals surface area contributed by atoms with Gasteiger partial charge in [0.25, 0.3) is 0 Å². The molecule has 2 aliphatic rings. The molecule has 1 aromatic heterocycles. The van der Waals surface area contributed by atoms with Crippen LogP contribution in [0, 0.1) is 6.92 Å². The van der Waals surface area contributed by atoms with Crippen LogP contribution in [0.15, 0.2) is 24.3 Å². The molecule has 0 aliphatic carbocycles. The van der Waals surface area contributed by atoms with Crippen molar-refractivity contribution < 1.29 is 9.53 Å². The number of amides is 1. The second-order valence-electron chi connectivity index (χ2n) is 7.84. The van der Waals surface area contributed by atoms with E-state index in [4.69, 9.17) is 4.74 Å². The van der Waals surface area contributed by atoms with Gasteiger partial charge in [-0.3, -0.25) is 9.69 Å². The van der Waals surface area contributed by atoms with Gasteiger partial charge in [-0.2, -0.15) is 0 Å². The van der Waals surface area contributed by atoms with E-state index in [0.29, 0.717) is 25.1 Å². The third kappa shape index (κ3) is 4.01. The fourth-order valence-corrected chi connectivity index (χ4v) is 4.50. The minimum absolute atomic E-state index is 0.265. The number of carbonyl (C=O) groups is 1. The van der Waals surface area contributed by atoms with Gasteiger partial charge >= 0.3 is 0 Å². The number of para-hydroxylation sites is 2. The molecule has 0 spiro atoms. The molecule has 1 aromatic carbocycles. The van der Waals surface area contributed by atoms with Crippen LogP contribution in [0.5, 0.6) is 0 Å². The summed E-state index contributed by atoms with van der Waals surface area (Å²) in [6.45, 7) is 9.48. The molecule has 1 atom stereocenters. The second-order valence-corrected chi connectivity index (χ2v) is 7.84. The molecule has 27 heavy (non-hydrogen) atoms. The zero-order chi connectivity index (χ0) is 18.8. The number of aryl methyl sites for hydroxylation is 2. The van der Waals surface area contributed by atoms with Gasteiger partial charge in [-0.25, -0.2) is 4.98 Å². The molecule has 0 unspecified atom stereocenters. The summed E-state index contributed by atoms with van der Waals surface area (Å²) in [5.74, 6) is 1.24. The van der Waals surface area contributed by atoms with Crippen LogP contribution in [0.3, 0.4) is 0 Å². The Morgan fingerprint density at radius 2 is 2.00 bits per heavy atom. The van der Waals surface area contributed by atoms with Gasteiger partial charge in [0.15, 0.2) is 0 Å². The van der Waals surface area contributed by atoms with Crippen molar-refractivity contribution in [1.82, 2.24) is 19.4 Å². The Hall–Kier alpha value is -1.92. The Morgan fingerprint density at radius 1 is 1.22 bits per heavy atom. The zero-order valence-corrected chi connectivity index (χ0v) is 16.4. The number of imidazole rings is 1. The number of hydrogen-bond donors (Lipinski definition) is 0. The fourth-order valence-electron chi connectivity index (χ4n) is 4.50. The van der Waals surface area contributed by atoms with E-state index in [0.717, 1.165) is 62.5 Å². The average molecular weight is 370 g/mol. The lowest BCUT2D eigenvalue weighted by molar-refractivity contribution is -0.133. The lowest BCUT2D eigenvalue weighted by Crippen LogP contribution is -2.51. The first kappa shape index (κ1) is 18.4. The van der Waals surface area contributed by atoms with Crippen molar-refractivity contribution in [3.8, 4) is 0 Å². The van der Waals surface area contributed by atoms with Gasteiger partial charge in [-0.05, 0) is 38.8 Å². The van der Waals surface area contributed by atoms with E-state index in [1.165, 1.54) is 0 Å². The first-order valence-corrected chi connectivity index (χ1v) is 10.2. The third-order valence-electron chi connectivity index (χ3n) is 6.00. The predicted octanol–water partition coefficient (Wildman–Crippen LogP) is 2.45. The van der Waals surface area contributed by atoms with Crippen molar-refractivity contribution in [3.05, 3.63) is 30.1 Å². The highest BCUT2D eigenvalue weighted by Gasteiger charge is 2.29. The molecule has 4 rings (SSSR count). The summed E-state index contributed by atoms with van der Waals surface area (Å²) in [5, 5.41) is 0. The van der Waals surface area contributed by atoms with Crippen molar-refractivity contribution in [2.45, 2.75) is 51.8 Å². The summed E-state index contributed by atoms with van der Waals surface area (Å²) in [4.78, 5) is 21.9. The Labute approximate surface area is 161 Å². The highest BCUT2D eigenvalue weighted by atomic mass is 16.5. The van der Waals surface area contributed by atoms with Gasteiger partial charge in [0, 0.05) is 45.2 Å². The Kier molecular flexibility index (Phi) is 5.45. The molecular weight excluding hydrogens is 340 g/mol. The molecule has 1 amide bonds. The minimum Gasteiger partial charge on any atom is -0.376 e. The number of aromatic nitrogens is 2. The second kappa shape index (κ2) is 7.98. The highest BCUT2D eigenvalue weighted by Crippen LogP contribution is 2.21. The summed E-state index contributed by atoms with van der Waals surface area (Å²) in [6.07, 6.45) is 3.02. The van der Waals surface area contributed by atoms with Gasteiger partial charge in [0.05, 0.1) is 23.7 Å². The number of fused-ring (bicyclic) bond motifs is 1. The summed E-state index contributed by atoms with van der Waals surface area (Å²) in [6, 6.07) is 8.73. The molecule has 0 bridgehead atoms. The molecule has 2 aromatic rings. The molecule has 0 saturated carbocycles. The standard InChI is InChI=1S/C21H30N4O2/c1-16-15-24(13-14-27-16)18-7-10-23(11-8-18)21(26)9-12-25-17(2)22-19-5-3-4-6-20(19)25/h3-6,16,18H,7-15H2,1-2H3/t16-/m0/s1. The number of benzene rings is 1. The van der Waals surface area contributed by atoms with E-state index in [9.17, 15) is 4.79 Å². The molecule has 2 fully saturated rings. The number of hydrogen-bond acceptors (Lipinski definition) is 4. The normalized spacial score (nSPS) is 22.4. The third-order valence-corrected chi connectivity index (χ3v) is 6.00. The van der Waals surface area contributed by atoms with Crippen LogP contribution >= 0.6 is 0 Å². The van der Waals surface area contributed by atoms with Gasteiger partial charge < -0.3 is 14.2 Å². The molecule has 0 radical (unpaired) electrons. The van der Waals surface area contributed by atoms with E-state index in [-0.39, 0.29) is 5.91 Å². The highest BCUT2D eigenvalue weighted by molar-refractivity contribution is 5.78. The lowest BCUT2D eigenvalue weighted by Gasteiger charge is -2.41. The molecular formula is C21H30N4O2. The van der Waals surface area contributed by atoms with Crippen molar-refractivity contribution in [3.63, 3.8) is 0 Å². The number of carbonyl (C=O) groups excluding carboxylic acids is 1. The summed E-state index contributed by atoms with van der Waals surface area (Å²) in [5.41, 5.74) is 2.12. The van der Waals surface area contributed by atoms with E-state index in [2.05, 4.69) is 32.3 Å². The average Bonchev–Trinajstić information content (AvgIpc) is 3.01. The smallest absolute Gasteiger partial charge is 0.224 e. The Bertz CT molecular complexity index is 795. The van der Waals surface area contributed by atoms with Crippen LogP contribution < -0.4 is 0 Å². The first-order valence-electron chi connectivity index (χ1n) is 10.2. The molecule has 2 saturated heterocycles. The van der Waals surface area contributed by atoms with Crippen LogP contribution in [0.2, 0.25) is 0 Å². The van der Waals surface area contributed by atoms with Gasteiger partial charge in [-0.1, -0.05) is 12.1 Å². The monoisotopic (exact) mass is 370 g/mol. The van der Waals surface area contributed by atoms with Crippen molar-refractivity contribution >= 4 is 16.9 Å². The first-order chi connectivity index (χ1) is 13.1. The quantitative estimate of drug-likeness (QED) is 0.830. The Morgan fingerprint density at radius 3 is 2.78 bits per heavy atom. The zero-order valence-electron chi connectivity index (χ0n) is 16.4. The van der Waals surface area contributed by atoms with Crippen molar-refractivity contribution in [2.75, 3.05) is 32.8 Å². The number of morpholine rings is 1. The maximum Gasteiger partial charge on any atom is 0.224 e. The number of piperidine rings is 1. The van der Waals surface area contributed by atoms with Crippen LogP contribution in [-0.4, -0.2) is 70.2 Å². The molecule has 0 N–H and O–H groups in total. The van der Waals surface area contributed by atoms with Crippen molar-refractivity contribution in [1.29, 1.82) is 0 Å². The summed E-state index contributed by atoms with van der Waals surface area (Å²) >= 11 is 0. The van der Waals surface area contributed by atoms with Crippen LogP contribution in [0.25, 0.3) is 11.0 Å². The fraction of sp³-hybridized carbons (Fsp3) is 0.619. The maximum absolute atomic E-state index is 12.7. The van der Waals surface area contributed by atoms with Crippen LogP contribution in [0.1, 0.15) is 32.0 Å². The number of ether oxygens (including phenoxy) is 1. The minimum atomic E-state index is 0.265. The van der Waals surface area contributed by atoms with E-state index < -0.39 is 0 Å². The van der Waals surface area contributed by atoms with E-state index in [1.807, 2.05) is 25.1 Å². The maximum atomic E-state index is 12.7. The van der Waals surface area contributed by atoms with Gasteiger partial charge in [0.2, 0.25) is 5.91 Å². The summed E-state index contributed by atoms with van der Waals surface area (Å²) in [7, 11) is 0. The topological polar surface area (TPSA) is 50.6 Å². The molecule has 3 heterocycles. The van der Waals surface area contributed by atoms with E-state index in [1.54, 1.807) is 0 Å². The van der Waals surface area contributed by atoms with Crippen molar-refractivity contribution in [2.24, 2.45) is 0 Å². The Balaban J connectivity index is 1.30. The number of likely N-dealkylation sites (tertiary alicyclic amines) is 1. The van der Waals surface area contributed by atoms with Gasteiger partial charge in [-0.15, -0.1) is 0 Å². The van der Waals surface area contributed by atoms with E-state index >= 15 is 0 Å².